The molecule has 0 amide bonds. The first-order valence-electron chi connectivity index (χ1n) is 9.07. The maximum Gasteiger partial charge on any atom is 0.193 e. The van der Waals surface area contributed by atoms with E-state index in [-0.39, 0.29) is 24.0 Å². The summed E-state index contributed by atoms with van der Waals surface area (Å²) >= 11 is 1.77. The Labute approximate surface area is 180 Å². The molecular formula is C19H33IN4OS. The van der Waals surface area contributed by atoms with E-state index in [4.69, 9.17) is 4.74 Å². The smallest absolute Gasteiger partial charge is 0.193 e. The Balaban J connectivity index is 0.00000338. The summed E-state index contributed by atoms with van der Waals surface area (Å²) in [6, 6.07) is 8.74. The molecule has 1 aromatic rings. The van der Waals surface area contributed by atoms with E-state index in [0.29, 0.717) is 0 Å². The van der Waals surface area contributed by atoms with Crippen molar-refractivity contribution in [3.63, 3.8) is 0 Å². The number of thioether (sulfide) groups is 1. The standard InChI is InChI=1S/C19H32N4OS.HI/c1-20-19(21-10-4-5-11-23-12-14-24-15-13-23)22(2)16-17-6-8-18(25-3)9-7-17;/h6-9H,4-5,10-16H2,1-3H3,(H,20,21);1H. The predicted octanol–water partition coefficient (Wildman–Crippen LogP) is 3.15. The molecule has 1 saturated heterocycles. The number of morpholine rings is 1. The van der Waals surface area contributed by atoms with E-state index >= 15 is 0 Å². The molecule has 1 aliphatic heterocycles. The highest BCUT2D eigenvalue weighted by Crippen LogP contribution is 2.15. The molecule has 5 nitrogen and oxygen atoms in total. The zero-order valence-corrected chi connectivity index (χ0v) is 19.4. The molecule has 26 heavy (non-hydrogen) atoms. The van der Waals surface area contributed by atoms with Crippen molar-refractivity contribution in [1.29, 1.82) is 0 Å². The Kier molecular flexibility index (Phi) is 12.3. The lowest BCUT2D eigenvalue weighted by Gasteiger charge is -2.26. The number of guanidine groups is 1. The van der Waals surface area contributed by atoms with Crippen molar-refractivity contribution in [3.8, 4) is 0 Å². The van der Waals surface area contributed by atoms with Gasteiger partial charge in [-0.05, 0) is 43.3 Å². The average Bonchev–Trinajstić information content (AvgIpc) is 2.66. The molecular weight excluding hydrogens is 459 g/mol. The summed E-state index contributed by atoms with van der Waals surface area (Å²) in [6.07, 6.45) is 4.47. The molecule has 0 spiro atoms. The Bertz CT molecular complexity index is 521. The summed E-state index contributed by atoms with van der Waals surface area (Å²) in [6.45, 7) is 6.91. The van der Waals surface area contributed by atoms with Crippen LogP contribution in [-0.4, -0.2) is 75.5 Å². The minimum absolute atomic E-state index is 0. The fraction of sp³-hybridized carbons (Fsp3) is 0.632. The van der Waals surface area contributed by atoms with E-state index in [1.54, 1.807) is 11.8 Å². The number of hydrogen-bond acceptors (Lipinski definition) is 4. The minimum atomic E-state index is 0. The normalized spacial score (nSPS) is 15.4. The summed E-state index contributed by atoms with van der Waals surface area (Å²) < 4.78 is 5.38. The topological polar surface area (TPSA) is 40.1 Å². The van der Waals surface area contributed by atoms with Crippen LogP contribution in [0.3, 0.4) is 0 Å². The van der Waals surface area contributed by atoms with Crippen molar-refractivity contribution in [2.75, 3.05) is 59.7 Å². The fourth-order valence-corrected chi connectivity index (χ4v) is 3.36. The van der Waals surface area contributed by atoms with Crippen LogP contribution >= 0.6 is 35.7 Å². The second kappa shape index (κ2) is 13.6. The molecule has 2 rings (SSSR count). The number of benzene rings is 1. The summed E-state index contributed by atoms with van der Waals surface area (Å²) in [7, 11) is 3.94. The lowest BCUT2D eigenvalue weighted by atomic mass is 10.2. The Morgan fingerprint density at radius 2 is 1.92 bits per heavy atom. The van der Waals surface area contributed by atoms with Crippen LogP contribution < -0.4 is 5.32 Å². The van der Waals surface area contributed by atoms with Gasteiger partial charge in [-0.25, -0.2) is 0 Å². The highest BCUT2D eigenvalue weighted by Gasteiger charge is 2.10. The van der Waals surface area contributed by atoms with E-state index in [9.17, 15) is 0 Å². The molecule has 0 atom stereocenters. The SMILES string of the molecule is CN=C(NCCCCN1CCOCC1)N(C)Cc1ccc(SC)cc1.I. The van der Waals surface area contributed by atoms with Gasteiger partial charge < -0.3 is 15.0 Å². The average molecular weight is 492 g/mol. The fourth-order valence-electron chi connectivity index (χ4n) is 2.95. The van der Waals surface area contributed by atoms with Crippen LogP contribution in [0.1, 0.15) is 18.4 Å². The van der Waals surface area contributed by atoms with Gasteiger partial charge in [0.1, 0.15) is 0 Å². The second-order valence-corrected chi connectivity index (χ2v) is 7.22. The number of nitrogens with one attached hydrogen (secondary N) is 1. The lowest BCUT2D eigenvalue weighted by Crippen LogP contribution is -2.39. The quantitative estimate of drug-likeness (QED) is 0.199. The van der Waals surface area contributed by atoms with E-state index in [0.717, 1.165) is 51.8 Å². The van der Waals surface area contributed by atoms with Gasteiger partial charge in [0.2, 0.25) is 0 Å². The molecule has 0 aromatic heterocycles. The number of unbranched alkanes of at least 4 members (excludes halogenated alkanes) is 1. The molecule has 0 aliphatic carbocycles. The molecule has 7 heteroatoms. The number of nitrogens with zero attached hydrogens (tertiary/aromatic N) is 3. The van der Waals surface area contributed by atoms with Gasteiger partial charge in [0.15, 0.2) is 5.96 Å². The first-order valence-corrected chi connectivity index (χ1v) is 10.3. The van der Waals surface area contributed by atoms with Gasteiger partial charge in [-0.2, -0.15) is 0 Å². The molecule has 1 fully saturated rings. The van der Waals surface area contributed by atoms with Crippen molar-refractivity contribution in [3.05, 3.63) is 29.8 Å². The van der Waals surface area contributed by atoms with Crippen LogP contribution in [0, 0.1) is 0 Å². The largest absolute Gasteiger partial charge is 0.379 e. The number of halogens is 1. The minimum Gasteiger partial charge on any atom is -0.379 e. The van der Waals surface area contributed by atoms with Crippen molar-refractivity contribution >= 4 is 41.7 Å². The van der Waals surface area contributed by atoms with Crippen LogP contribution in [-0.2, 0) is 11.3 Å². The first kappa shape index (κ1) is 23.5. The third-order valence-corrected chi connectivity index (χ3v) is 5.18. The van der Waals surface area contributed by atoms with Gasteiger partial charge in [0.05, 0.1) is 13.2 Å². The second-order valence-electron chi connectivity index (χ2n) is 6.34. The number of rotatable bonds is 8. The summed E-state index contributed by atoms with van der Waals surface area (Å²) in [4.78, 5) is 10.4. The molecule has 1 aromatic carbocycles. The molecule has 0 bridgehead atoms. The van der Waals surface area contributed by atoms with Crippen LogP contribution in [0.25, 0.3) is 0 Å². The van der Waals surface area contributed by atoms with Crippen LogP contribution in [0.4, 0.5) is 0 Å². The zero-order chi connectivity index (χ0) is 17.9. The summed E-state index contributed by atoms with van der Waals surface area (Å²) in [5.41, 5.74) is 1.30. The van der Waals surface area contributed by atoms with Gasteiger partial charge in [0, 0.05) is 45.2 Å². The van der Waals surface area contributed by atoms with Gasteiger partial charge in [-0.3, -0.25) is 9.89 Å². The Morgan fingerprint density at radius 3 is 2.54 bits per heavy atom. The lowest BCUT2D eigenvalue weighted by molar-refractivity contribution is 0.0372. The van der Waals surface area contributed by atoms with Crippen molar-refractivity contribution in [2.45, 2.75) is 24.3 Å². The highest BCUT2D eigenvalue weighted by molar-refractivity contribution is 14.0. The third-order valence-electron chi connectivity index (χ3n) is 4.44. The molecule has 0 radical (unpaired) electrons. The van der Waals surface area contributed by atoms with Gasteiger partial charge in [0.25, 0.3) is 0 Å². The third kappa shape index (κ3) is 8.45. The molecule has 148 valence electrons. The number of ether oxygens (including phenoxy) is 1. The molecule has 1 heterocycles. The van der Waals surface area contributed by atoms with E-state index in [1.165, 1.54) is 23.4 Å². The van der Waals surface area contributed by atoms with E-state index in [1.807, 2.05) is 7.05 Å². The summed E-state index contributed by atoms with van der Waals surface area (Å²) in [5.74, 6) is 0.959. The van der Waals surface area contributed by atoms with Gasteiger partial charge in [-0.15, -0.1) is 35.7 Å². The van der Waals surface area contributed by atoms with Crippen LogP contribution in [0.15, 0.2) is 34.2 Å². The van der Waals surface area contributed by atoms with Crippen LogP contribution in [0.5, 0.6) is 0 Å². The van der Waals surface area contributed by atoms with Crippen molar-refractivity contribution < 1.29 is 4.74 Å². The van der Waals surface area contributed by atoms with Gasteiger partial charge >= 0.3 is 0 Å². The molecule has 0 unspecified atom stereocenters. The van der Waals surface area contributed by atoms with E-state index < -0.39 is 0 Å². The number of aliphatic imine (C=N–C) groups is 1. The summed E-state index contributed by atoms with van der Waals surface area (Å²) in [5, 5.41) is 3.48. The van der Waals surface area contributed by atoms with E-state index in [2.05, 4.69) is 57.7 Å². The maximum absolute atomic E-state index is 5.38. The number of hydrogen-bond donors (Lipinski definition) is 1. The molecule has 0 saturated carbocycles. The Morgan fingerprint density at radius 1 is 1.23 bits per heavy atom. The predicted molar refractivity (Wildman–Crippen MR) is 123 cm³/mol. The Hall–Kier alpha value is -0.510. The molecule has 1 aliphatic rings. The maximum atomic E-state index is 5.38. The van der Waals surface area contributed by atoms with Crippen molar-refractivity contribution in [1.82, 2.24) is 15.1 Å². The zero-order valence-electron chi connectivity index (χ0n) is 16.2. The first-order chi connectivity index (χ1) is 12.2. The van der Waals surface area contributed by atoms with Gasteiger partial charge in [-0.1, -0.05) is 12.1 Å². The van der Waals surface area contributed by atoms with Crippen LogP contribution in [0.2, 0.25) is 0 Å². The van der Waals surface area contributed by atoms with Crippen molar-refractivity contribution in [2.24, 2.45) is 4.99 Å². The monoisotopic (exact) mass is 492 g/mol. The molecule has 1 N–H and O–H groups in total. The highest BCUT2D eigenvalue weighted by atomic mass is 127.